The molecule has 0 saturated carbocycles. The molecule has 1 saturated heterocycles. The van der Waals surface area contributed by atoms with Crippen molar-refractivity contribution in [2.75, 3.05) is 13.1 Å². The van der Waals surface area contributed by atoms with Crippen LogP contribution < -0.4 is 5.32 Å². The summed E-state index contributed by atoms with van der Waals surface area (Å²) in [6.45, 7) is 12.6. The Hall–Kier alpha value is -0.740. The van der Waals surface area contributed by atoms with Crippen molar-refractivity contribution >= 4 is 17.1 Å². The van der Waals surface area contributed by atoms with Crippen LogP contribution in [0, 0.1) is 11.3 Å². The van der Waals surface area contributed by atoms with E-state index in [9.17, 15) is 4.79 Å². The maximum absolute atomic E-state index is 12.8. The Balaban J connectivity index is 2.13. The van der Waals surface area contributed by atoms with Crippen LogP contribution in [0.4, 0.5) is 0 Å². The summed E-state index contributed by atoms with van der Waals surface area (Å²) in [5.74, 6) is 0.736. The largest absolute Gasteiger partial charge is 0.316 e. The van der Waals surface area contributed by atoms with E-state index in [0.717, 1.165) is 30.2 Å². The number of ketones is 1. The van der Waals surface area contributed by atoms with Gasteiger partial charge in [-0.2, -0.15) is 0 Å². The van der Waals surface area contributed by atoms with Crippen LogP contribution in [0.2, 0.25) is 0 Å². The van der Waals surface area contributed by atoms with Crippen LogP contribution in [0.25, 0.3) is 0 Å². The normalized spacial score (nSPS) is 23.5. The maximum Gasteiger partial charge on any atom is 0.147 e. The second-order valence-electron chi connectivity index (χ2n) is 7.21. The predicted molar refractivity (Wildman–Crippen MR) is 84.3 cm³/mol. The van der Waals surface area contributed by atoms with Gasteiger partial charge in [0.15, 0.2) is 0 Å². The van der Waals surface area contributed by atoms with E-state index in [2.05, 4.69) is 50.3 Å². The zero-order valence-electron chi connectivity index (χ0n) is 13.2. The van der Waals surface area contributed by atoms with Crippen LogP contribution >= 0.6 is 11.3 Å². The van der Waals surface area contributed by atoms with Crippen LogP contribution in [-0.4, -0.2) is 23.9 Å². The molecule has 1 aromatic heterocycles. The molecule has 0 bridgehead atoms. The van der Waals surface area contributed by atoms with Gasteiger partial charge in [0.1, 0.15) is 10.8 Å². The quantitative estimate of drug-likeness (QED) is 0.927. The van der Waals surface area contributed by atoms with E-state index in [1.807, 2.05) is 0 Å². The fourth-order valence-corrected chi connectivity index (χ4v) is 3.83. The highest BCUT2D eigenvalue weighted by Crippen LogP contribution is 2.36. The monoisotopic (exact) mass is 294 g/mol. The SMILES string of the molecule is CC(C)C1(C(=O)Cc2nc(C(C)(C)C)cs2)CCNC1. The highest BCUT2D eigenvalue weighted by atomic mass is 32.1. The third-order valence-corrected chi connectivity index (χ3v) is 5.33. The average Bonchev–Trinajstić information content (AvgIpc) is 2.96. The van der Waals surface area contributed by atoms with Crippen LogP contribution in [0.3, 0.4) is 0 Å². The number of rotatable bonds is 4. The van der Waals surface area contributed by atoms with Crippen molar-refractivity contribution < 1.29 is 4.79 Å². The number of thiazole rings is 1. The summed E-state index contributed by atoms with van der Waals surface area (Å²) >= 11 is 1.62. The van der Waals surface area contributed by atoms with Crippen LogP contribution in [0.15, 0.2) is 5.38 Å². The molecule has 3 nitrogen and oxygen atoms in total. The topological polar surface area (TPSA) is 42.0 Å². The second kappa shape index (κ2) is 5.57. The fraction of sp³-hybridized carbons (Fsp3) is 0.750. The average molecular weight is 294 g/mol. The fourth-order valence-electron chi connectivity index (χ4n) is 2.81. The van der Waals surface area contributed by atoms with E-state index < -0.39 is 0 Å². The first-order chi connectivity index (χ1) is 9.25. The van der Waals surface area contributed by atoms with Gasteiger partial charge in [-0.3, -0.25) is 4.79 Å². The summed E-state index contributed by atoms with van der Waals surface area (Å²) in [6, 6.07) is 0. The molecule has 20 heavy (non-hydrogen) atoms. The number of aromatic nitrogens is 1. The van der Waals surface area contributed by atoms with Gasteiger partial charge in [-0.25, -0.2) is 4.98 Å². The number of Topliss-reactive ketones (excluding diaryl/α,β-unsaturated/α-hetero) is 1. The molecule has 0 spiro atoms. The van der Waals surface area contributed by atoms with Crippen LogP contribution in [-0.2, 0) is 16.6 Å². The van der Waals surface area contributed by atoms with Gasteiger partial charge >= 0.3 is 0 Å². The Morgan fingerprint density at radius 3 is 2.65 bits per heavy atom. The van der Waals surface area contributed by atoms with Crippen molar-refractivity contribution in [3.05, 3.63) is 16.1 Å². The number of carbonyl (C=O) groups excluding carboxylic acids is 1. The van der Waals surface area contributed by atoms with Gasteiger partial charge < -0.3 is 5.32 Å². The minimum Gasteiger partial charge on any atom is -0.316 e. The first kappa shape index (κ1) is 15.6. The Morgan fingerprint density at radius 2 is 2.20 bits per heavy atom. The molecule has 0 amide bonds. The minimum atomic E-state index is -0.187. The number of nitrogens with zero attached hydrogens (tertiary/aromatic N) is 1. The standard InChI is InChI=1S/C16H26N2OS/c1-11(2)16(6-7-17-10-16)13(19)8-14-18-12(9-20-14)15(3,4)5/h9,11,17H,6-8,10H2,1-5H3. The minimum absolute atomic E-state index is 0.0580. The molecule has 0 radical (unpaired) electrons. The lowest BCUT2D eigenvalue weighted by Gasteiger charge is -2.30. The van der Waals surface area contributed by atoms with Gasteiger partial charge in [0, 0.05) is 22.8 Å². The molecule has 1 fully saturated rings. The molecule has 2 heterocycles. The second-order valence-corrected chi connectivity index (χ2v) is 8.16. The highest BCUT2D eigenvalue weighted by Gasteiger charge is 2.43. The zero-order valence-corrected chi connectivity index (χ0v) is 14.1. The van der Waals surface area contributed by atoms with Gasteiger partial charge in [-0.05, 0) is 18.9 Å². The van der Waals surface area contributed by atoms with Gasteiger partial charge in [0.05, 0.1) is 12.1 Å². The molecule has 4 heteroatoms. The summed E-state index contributed by atoms with van der Waals surface area (Å²) in [4.78, 5) is 17.4. The highest BCUT2D eigenvalue weighted by molar-refractivity contribution is 7.09. The third kappa shape index (κ3) is 2.96. The predicted octanol–water partition coefficient (Wildman–Crippen LogP) is 3.19. The summed E-state index contributed by atoms with van der Waals surface area (Å²) in [5, 5.41) is 6.41. The molecule has 1 unspecified atom stereocenters. The summed E-state index contributed by atoms with van der Waals surface area (Å²) in [6.07, 6.45) is 1.45. The van der Waals surface area contributed by atoms with E-state index in [4.69, 9.17) is 0 Å². The van der Waals surface area contributed by atoms with E-state index in [0.29, 0.717) is 18.1 Å². The van der Waals surface area contributed by atoms with Crippen molar-refractivity contribution in [1.29, 1.82) is 0 Å². The Bertz CT molecular complexity index is 479. The molecule has 1 atom stereocenters. The molecule has 1 aliphatic rings. The summed E-state index contributed by atoms with van der Waals surface area (Å²) in [5.41, 5.74) is 0.962. The van der Waals surface area contributed by atoms with Crippen LogP contribution in [0.5, 0.6) is 0 Å². The van der Waals surface area contributed by atoms with E-state index in [1.54, 1.807) is 11.3 Å². The lowest BCUT2D eigenvalue weighted by Crippen LogP contribution is -2.39. The molecule has 112 valence electrons. The molecule has 0 aliphatic carbocycles. The lowest BCUT2D eigenvalue weighted by atomic mass is 9.72. The Kier molecular flexibility index (Phi) is 4.35. The first-order valence-electron chi connectivity index (χ1n) is 7.44. The Labute approximate surface area is 126 Å². The van der Waals surface area contributed by atoms with E-state index in [1.165, 1.54) is 0 Å². The van der Waals surface area contributed by atoms with Crippen molar-refractivity contribution in [3.63, 3.8) is 0 Å². The number of hydrogen-bond donors (Lipinski definition) is 1. The van der Waals surface area contributed by atoms with Crippen LogP contribution in [0.1, 0.15) is 51.7 Å². The molecule has 1 aromatic rings. The summed E-state index contributed by atoms with van der Waals surface area (Å²) < 4.78 is 0. The Morgan fingerprint density at radius 1 is 1.50 bits per heavy atom. The molecule has 0 aromatic carbocycles. The molecule has 1 aliphatic heterocycles. The molecular formula is C16H26N2OS. The van der Waals surface area contributed by atoms with Crippen molar-refractivity contribution in [2.45, 2.75) is 52.9 Å². The van der Waals surface area contributed by atoms with Crippen molar-refractivity contribution in [3.8, 4) is 0 Å². The van der Waals surface area contributed by atoms with Crippen molar-refractivity contribution in [1.82, 2.24) is 10.3 Å². The molecular weight excluding hydrogens is 268 g/mol. The van der Waals surface area contributed by atoms with Gasteiger partial charge in [0.2, 0.25) is 0 Å². The number of carbonyl (C=O) groups is 1. The number of hydrogen-bond acceptors (Lipinski definition) is 4. The van der Waals surface area contributed by atoms with Gasteiger partial charge in [0.25, 0.3) is 0 Å². The van der Waals surface area contributed by atoms with E-state index in [-0.39, 0.29) is 10.8 Å². The van der Waals surface area contributed by atoms with Gasteiger partial charge in [-0.1, -0.05) is 34.6 Å². The number of nitrogens with one attached hydrogen (secondary N) is 1. The van der Waals surface area contributed by atoms with E-state index >= 15 is 0 Å². The third-order valence-electron chi connectivity index (χ3n) is 4.48. The molecule has 2 rings (SSSR count). The van der Waals surface area contributed by atoms with Crippen molar-refractivity contribution in [2.24, 2.45) is 11.3 Å². The first-order valence-corrected chi connectivity index (χ1v) is 8.32. The summed E-state index contributed by atoms with van der Waals surface area (Å²) in [7, 11) is 0. The maximum atomic E-state index is 12.8. The smallest absolute Gasteiger partial charge is 0.147 e. The lowest BCUT2D eigenvalue weighted by molar-refractivity contribution is -0.129. The van der Waals surface area contributed by atoms with Gasteiger partial charge in [-0.15, -0.1) is 11.3 Å². The zero-order chi connectivity index (χ0) is 15.0. The molecule has 1 N–H and O–H groups in total.